The van der Waals surface area contributed by atoms with E-state index < -0.39 is 11.7 Å². The van der Waals surface area contributed by atoms with Gasteiger partial charge in [0.15, 0.2) is 0 Å². The minimum Gasteiger partial charge on any atom is -0.283 e. The van der Waals surface area contributed by atoms with E-state index >= 15 is 0 Å². The van der Waals surface area contributed by atoms with Crippen molar-refractivity contribution in [1.82, 2.24) is 4.90 Å². The normalized spacial score (nSPS) is 15.7. The van der Waals surface area contributed by atoms with E-state index in [1.807, 2.05) is 4.90 Å². The highest BCUT2D eigenvalue weighted by Crippen LogP contribution is 2.30. The Morgan fingerprint density at radius 1 is 1.22 bits per heavy atom. The van der Waals surface area contributed by atoms with Gasteiger partial charge in [-0.05, 0) is 30.5 Å². The molecular weight excluding hydrogens is 241 g/mol. The standard InChI is InChI=1S/C13H13F3N2/c14-13(15,16)11-3-1-10(2-4-11)9-18(8-7-17)12-5-6-12/h1-4,12H,5-6,8-9H2. The molecule has 1 aromatic carbocycles. The summed E-state index contributed by atoms with van der Waals surface area (Å²) in [4.78, 5) is 2.00. The van der Waals surface area contributed by atoms with E-state index in [4.69, 9.17) is 5.26 Å². The third kappa shape index (κ3) is 3.23. The van der Waals surface area contributed by atoms with Crippen LogP contribution in [0.1, 0.15) is 24.0 Å². The van der Waals surface area contributed by atoms with Crippen molar-refractivity contribution in [2.24, 2.45) is 0 Å². The molecule has 0 aromatic heterocycles. The van der Waals surface area contributed by atoms with Gasteiger partial charge in [0.05, 0.1) is 18.2 Å². The summed E-state index contributed by atoms with van der Waals surface area (Å²) in [7, 11) is 0. The zero-order chi connectivity index (χ0) is 13.2. The third-order valence-electron chi connectivity index (χ3n) is 3.00. The van der Waals surface area contributed by atoms with Gasteiger partial charge < -0.3 is 0 Å². The van der Waals surface area contributed by atoms with Gasteiger partial charge in [0, 0.05) is 12.6 Å². The summed E-state index contributed by atoms with van der Waals surface area (Å²) in [6.07, 6.45) is -2.15. The smallest absolute Gasteiger partial charge is 0.283 e. The molecule has 1 fully saturated rings. The highest BCUT2D eigenvalue weighted by Gasteiger charge is 2.31. The second kappa shape index (κ2) is 4.99. The Kier molecular flexibility index (Phi) is 3.58. The van der Waals surface area contributed by atoms with Crippen LogP contribution in [0.3, 0.4) is 0 Å². The van der Waals surface area contributed by atoms with Gasteiger partial charge in [-0.3, -0.25) is 4.90 Å². The lowest BCUT2D eigenvalue weighted by atomic mass is 10.1. The molecule has 18 heavy (non-hydrogen) atoms. The van der Waals surface area contributed by atoms with Crippen molar-refractivity contribution in [2.75, 3.05) is 6.54 Å². The third-order valence-corrected chi connectivity index (χ3v) is 3.00. The van der Waals surface area contributed by atoms with Crippen LogP contribution in [0.4, 0.5) is 13.2 Å². The predicted molar refractivity (Wildman–Crippen MR) is 60.5 cm³/mol. The molecule has 0 bridgehead atoms. The number of benzene rings is 1. The molecule has 2 nitrogen and oxygen atoms in total. The zero-order valence-electron chi connectivity index (χ0n) is 9.74. The lowest BCUT2D eigenvalue weighted by Gasteiger charge is -2.18. The van der Waals surface area contributed by atoms with E-state index in [1.165, 1.54) is 12.1 Å². The van der Waals surface area contributed by atoms with Gasteiger partial charge in [0.2, 0.25) is 0 Å². The minimum atomic E-state index is -4.29. The van der Waals surface area contributed by atoms with Crippen LogP contribution in [0.15, 0.2) is 24.3 Å². The maximum absolute atomic E-state index is 12.4. The Labute approximate surface area is 104 Å². The molecule has 1 aromatic rings. The Morgan fingerprint density at radius 2 is 1.83 bits per heavy atom. The summed E-state index contributed by atoms with van der Waals surface area (Å²) in [5.41, 5.74) is 0.176. The van der Waals surface area contributed by atoms with Crippen LogP contribution in [0.25, 0.3) is 0 Å². The number of rotatable bonds is 4. The molecule has 0 spiro atoms. The first-order valence-corrected chi connectivity index (χ1v) is 5.78. The first-order chi connectivity index (χ1) is 8.50. The summed E-state index contributed by atoms with van der Waals surface area (Å²) < 4.78 is 37.2. The molecular formula is C13H13F3N2. The number of nitrogens with zero attached hydrogens (tertiary/aromatic N) is 2. The van der Waals surface area contributed by atoms with Gasteiger partial charge in [0.25, 0.3) is 0 Å². The largest absolute Gasteiger partial charge is 0.416 e. The van der Waals surface area contributed by atoms with Crippen molar-refractivity contribution in [3.63, 3.8) is 0 Å². The Bertz CT molecular complexity index is 441. The highest BCUT2D eigenvalue weighted by atomic mass is 19.4. The molecule has 0 heterocycles. The quantitative estimate of drug-likeness (QED) is 0.771. The number of hydrogen-bond acceptors (Lipinski definition) is 2. The van der Waals surface area contributed by atoms with Crippen LogP contribution in [0, 0.1) is 11.3 Å². The molecule has 0 aliphatic heterocycles. The molecule has 0 radical (unpaired) electrons. The summed E-state index contributed by atoms with van der Waals surface area (Å²) in [6.45, 7) is 0.863. The minimum absolute atomic E-state index is 0.325. The monoisotopic (exact) mass is 254 g/mol. The molecule has 5 heteroatoms. The van der Waals surface area contributed by atoms with Crippen LogP contribution in [-0.4, -0.2) is 17.5 Å². The van der Waals surface area contributed by atoms with Crippen LogP contribution >= 0.6 is 0 Å². The molecule has 1 aliphatic carbocycles. The number of alkyl halides is 3. The van der Waals surface area contributed by atoms with Crippen molar-refractivity contribution < 1.29 is 13.2 Å². The van der Waals surface area contributed by atoms with Crippen molar-refractivity contribution >= 4 is 0 Å². The van der Waals surface area contributed by atoms with E-state index in [0.29, 0.717) is 19.1 Å². The van der Waals surface area contributed by atoms with Crippen molar-refractivity contribution in [3.8, 4) is 6.07 Å². The molecule has 0 atom stereocenters. The summed E-state index contributed by atoms with van der Waals surface area (Å²) in [5.74, 6) is 0. The molecule has 96 valence electrons. The fourth-order valence-electron chi connectivity index (χ4n) is 1.88. The van der Waals surface area contributed by atoms with E-state index in [9.17, 15) is 13.2 Å². The van der Waals surface area contributed by atoms with E-state index in [0.717, 1.165) is 30.5 Å². The lowest BCUT2D eigenvalue weighted by Crippen LogP contribution is -2.25. The zero-order valence-corrected chi connectivity index (χ0v) is 9.74. The van der Waals surface area contributed by atoms with Crippen molar-refractivity contribution in [3.05, 3.63) is 35.4 Å². The first kappa shape index (κ1) is 12.9. The second-order valence-electron chi connectivity index (χ2n) is 4.49. The molecule has 0 amide bonds. The topological polar surface area (TPSA) is 27.0 Å². The van der Waals surface area contributed by atoms with Crippen molar-refractivity contribution in [2.45, 2.75) is 31.6 Å². The predicted octanol–water partition coefficient (Wildman–Crippen LogP) is 3.19. The average Bonchev–Trinajstić information content (AvgIpc) is 3.12. The maximum atomic E-state index is 12.4. The number of hydrogen-bond donors (Lipinski definition) is 0. The van der Waals surface area contributed by atoms with E-state index in [2.05, 4.69) is 6.07 Å². The summed E-state index contributed by atoms with van der Waals surface area (Å²) in [6, 6.07) is 7.66. The molecule has 0 unspecified atom stereocenters. The van der Waals surface area contributed by atoms with Crippen LogP contribution in [0.2, 0.25) is 0 Å². The van der Waals surface area contributed by atoms with Gasteiger partial charge in [-0.25, -0.2) is 0 Å². The fourth-order valence-corrected chi connectivity index (χ4v) is 1.88. The first-order valence-electron chi connectivity index (χ1n) is 5.78. The van der Waals surface area contributed by atoms with Crippen LogP contribution in [-0.2, 0) is 12.7 Å². The number of halogens is 3. The van der Waals surface area contributed by atoms with Crippen LogP contribution < -0.4 is 0 Å². The molecule has 2 rings (SSSR count). The maximum Gasteiger partial charge on any atom is 0.416 e. The summed E-state index contributed by atoms with van der Waals surface area (Å²) >= 11 is 0. The molecule has 0 saturated heterocycles. The van der Waals surface area contributed by atoms with Gasteiger partial charge in [-0.2, -0.15) is 18.4 Å². The van der Waals surface area contributed by atoms with E-state index in [1.54, 1.807) is 0 Å². The summed E-state index contributed by atoms with van der Waals surface area (Å²) in [5, 5.41) is 8.70. The molecule has 0 N–H and O–H groups in total. The average molecular weight is 254 g/mol. The van der Waals surface area contributed by atoms with Crippen molar-refractivity contribution in [1.29, 1.82) is 5.26 Å². The Morgan fingerprint density at radius 3 is 2.28 bits per heavy atom. The van der Waals surface area contributed by atoms with Gasteiger partial charge in [0.1, 0.15) is 0 Å². The lowest BCUT2D eigenvalue weighted by molar-refractivity contribution is -0.137. The number of nitriles is 1. The van der Waals surface area contributed by atoms with Crippen LogP contribution in [0.5, 0.6) is 0 Å². The van der Waals surface area contributed by atoms with Gasteiger partial charge in [-0.15, -0.1) is 0 Å². The van der Waals surface area contributed by atoms with Gasteiger partial charge in [-0.1, -0.05) is 12.1 Å². The Balaban J connectivity index is 2.03. The molecule has 1 saturated carbocycles. The molecule has 1 aliphatic rings. The highest BCUT2D eigenvalue weighted by molar-refractivity contribution is 5.24. The SMILES string of the molecule is N#CCN(Cc1ccc(C(F)(F)F)cc1)C1CC1. The van der Waals surface area contributed by atoms with Gasteiger partial charge >= 0.3 is 6.18 Å². The van der Waals surface area contributed by atoms with E-state index in [-0.39, 0.29) is 0 Å². The second-order valence-corrected chi connectivity index (χ2v) is 4.49. The Hall–Kier alpha value is -1.54. The fraction of sp³-hybridized carbons (Fsp3) is 0.462.